The number of hydrogen-bond acceptors (Lipinski definition) is 6. The van der Waals surface area contributed by atoms with Crippen LogP contribution in [0.2, 0.25) is 5.02 Å². The largest absolute Gasteiger partial charge is 0.478 e. The summed E-state index contributed by atoms with van der Waals surface area (Å²) in [6.07, 6.45) is 1.21. The first kappa shape index (κ1) is 26.6. The van der Waals surface area contributed by atoms with Crippen LogP contribution in [0.4, 0.5) is 11.4 Å². The van der Waals surface area contributed by atoms with Crippen LogP contribution in [0.1, 0.15) is 57.5 Å². The maximum absolute atomic E-state index is 13.0. The second-order valence-corrected chi connectivity index (χ2v) is 10.8. The summed E-state index contributed by atoms with van der Waals surface area (Å²) in [5.41, 5.74) is -1.67. The Kier molecular flexibility index (Phi) is 7.37. The highest BCUT2D eigenvalue weighted by molar-refractivity contribution is 7.92. The predicted molar refractivity (Wildman–Crippen MR) is 134 cm³/mol. The molecule has 0 spiro atoms. The topological polar surface area (TPSA) is 163 Å². The van der Waals surface area contributed by atoms with Gasteiger partial charge in [0, 0.05) is 6.20 Å². The normalized spacial score (nSPS) is 11.6. The number of benzene rings is 2. The summed E-state index contributed by atoms with van der Waals surface area (Å²) in [4.78, 5) is 40.1. The van der Waals surface area contributed by atoms with Crippen LogP contribution in [-0.4, -0.2) is 41.5 Å². The summed E-state index contributed by atoms with van der Waals surface area (Å²) in [5, 5.41) is 21.1. The number of hydrogen-bond donors (Lipinski definition) is 4. The molecule has 0 atom stereocenters. The highest BCUT2D eigenvalue weighted by Gasteiger charge is 2.28. The minimum absolute atomic E-state index is 0.116. The summed E-state index contributed by atoms with van der Waals surface area (Å²) in [6, 6.07) is 11.0. The first-order valence-electron chi connectivity index (χ1n) is 10.4. The Morgan fingerprint density at radius 2 is 1.53 bits per heavy atom. The van der Waals surface area contributed by atoms with Crippen LogP contribution in [0, 0.1) is 0 Å². The Bertz CT molecular complexity index is 1460. The Labute approximate surface area is 212 Å². The van der Waals surface area contributed by atoms with Crippen LogP contribution in [0.15, 0.2) is 59.6 Å². The lowest BCUT2D eigenvalue weighted by atomic mass is 9.87. The second-order valence-electron chi connectivity index (χ2n) is 8.69. The molecule has 0 saturated heterocycles. The van der Waals surface area contributed by atoms with Crippen molar-refractivity contribution in [3.8, 4) is 0 Å². The predicted octanol–water partition coefficient (Wildman–Crippen LogP) is 4.48. The van der Waals surface area contributed by atoms with E-state index in [0.717, 1.165) is 17.7 Å². The van der Waals surface area contributed by atoms with Gasteiger partial charge in [-0.25, -0.2) is 23.0 Å². The zero-order chi connectivity index (χ0) is 26.8. The van der Waals surface area contributed by atoms with Crippen LogP contribution in [-0.2, 0) is 15.4 Å². The van der Waals surface area contributed by atoms with Gasteiger partial charge in [-0.15, -0.1) is 0 Å². The van der Waals surface area contributed by atoms with Crippen molar-refractivity contribution in [1.29, 1.82) is 0 Å². The molecule has 0 unspecified atom stereocenters. The molecule has 12 heteroatoms. The van der Waals surface area contributed by atoms with Gasteiger partial charge in [-0.3, -0.25) is 9.52 Å². The van der Waals surface area contributed by atoms with Gasteiger partial charge in [-0.1, -0.05) is 44.5 Å². The number of aromatic nitrogens is 1. The first-order chi connectivity index (χ1) is 16.7. The molecule has 4 N–H and O–H groups in total. The first-order valence-corrected chi connectivity index (χ1v) is 12.3. The van der Waals surface area contributed by atoms with E-state index >= 15 is 0 Å². The average Bonchev–Trinajstić information content (AvgIpc) is 2.79. The molecule has 3 aromatic rings. The van der Waals surface area contributed by atoms with Gasteiger partial charge < -0.3 is 15.5 Å². The molecule has 36 heavy (non-hydrogen) atoms. The van der Waals surface area contributed by atoms with E-state index in [-0.39, 0.29) is 21.0 Å². The van der Waals surface area contributed by atoms with Crippen LogP contribution >= 0.6 is 11.6 Å². The minimum atomic E-state index is -4.24. The molecule has 1 amide bonds. The number of aromatic carboxylic acids is 2. The molecule has 0 saturated carbocycles. The summed E-state index contributed by atoms with van der Waals surface area (Å²) in [6.45, 7) is 5.91. The van der Waals surface area contributed by atoms with Gasteiger partial charge in [-0.05, 0) is 47.4 Å². The second kappa shape index (κ2) is 9.96. The molecular formula is C24H22ClN3O7S. The van der Waals surface area contributed by atoms with E-state index in [1.807, 2.05) is 20.8 Å². The van der Waals surface area contributed by atoms with E-state index in [4.69, 9.17) is 11.6 Å². The SMILES string of the molecule is CC(C)(C)c1ccc(S(=O)(=O)Nc2ccc(Cl)c(C(=O)Nc3cccnc3C(=O)O)c2C(=O)O)cc1. The van der Waals surface area contributed by atoms with Gasteiger partial charge in [0.15, 0.2) is 5.69 Å². The molecule has 0 aliphatic heterocycles. The molecule has 1 aromatic heterocycles. The number of halogens is 1. The third-order valence-corrected chi connectivity index (χ3v) is 6.83. The fraction of sp³-hybridized carbons (Fsp3) is 0.167. The monoisotopic (exact) mass is 531 g/mol. The van der Waals surface area contributed by atoms with E-state index in [2.05, 4.69) is 15.0 Å². The fourth-order valence-electron chi connectivity index (χ4n) is 3.31. The zero-order valence-corrected chi connectivity index (χ0v) is 20.9. The third kappa shape index (κ3) is 5.64. The number of pyridine rings is 1. The number of rotatable bonds is 7. The number of sulfonamides is 1. The molecule has 3 rings (SSSR count). The number of anilines is 2. The van der Waals surface area contributed by atoms with Gasteiger partial charge in [-0.2, -0.15) is 0 Å². The van der Waals surface area contributed by atoms with Crippen molar-refractivity contribution in [2.45, 2.75) is 31.1 Å². The Morgan fingerprint density at radius 1 is 0.889 bits per heavy atom. The van der Waals surface area contributed by atoms with Crippen molar-refractivity contribution in [3.05, 3.63) is 82.1 Å². The highest BCUT2D eigenvalue weighted by atomic mass is 35.5. The lowest BCUT2D eigenvalue weighted by Crippen LogP contribution is -2.22. The van der Waals surface area contributed by atoms with Crippen LogP contribution in [0.3, 0.4) is 0 Å². The third-order valence-electron chi connectivity index (χ3n) is 5.13. The Morgan fingerprint density at radius 3 is 2.08 bits per heavy atom. The van der Waals surface area contributed by atoms with Crippen LogP contribution in [0.25, 0.3) is 0 Å². The summed E-state index contributed by atoms with van der Waals surface area (Å²) in [5.74, 6) is -4.12. The van der Waals surface area contributed by atoms with Gasteiger partial charge in [0.2, 0.25) is 0 Å². The molecule has 2 aromatic carbocycles. The van der Waals surface area contributed by atoms with Gasteiger partial charge in [0.25, 0.3) is 15.9 Å². The molecule has 0 radical (unpaired) electrons. The van der Waals surface area contributed by atoms with Gasteiger partial charge in [0.05, 0.1) is 32.4 Å². The molecular weight excluding hydrogens is 510 g/mol. The molecule has 1 heterocycles. The summed E-state index contributed by atoms with van der Waals surface area (Å²) < 4.78 is 28.2. The van der Waals surface area contributed by atoms with Crippen molar-refractivity contribution in [2.24, 2.45) is 0 Å². The summed E-state index contributed by atoms with van der Waals surface area (Å²) in [7, 11) is -4.24. The number of carboxylic acid groups (broad SMARTS) is 2. The van der Waals surface area contributed by atoms with Crippen molar-refractivity contribution >= 4 is 50.8 Å². The van der Waals surface area contributed by atoms with Crippen molar-refractivity contribution in [3.63, 3.8) is 0 Å². The van der Waals surface area contributed by atoms with E-state index in [1.54, 1.807) is 12.1 Å². The number of nitrogens with zero attached hydrogens (tertiary/aromatic N) is 1. The standard InChI is InChI=1S/C24H22ClN3O7S/c1-24(2,3)13-6-8-14(9-7-13)36(34,35)28-16-11-10-15(25)18(19(16)22(30)31)21(29)27-17-5-4-12-26-20(17)23(32)33/h4-12,28H,1-3H3,(H,27,29)(H,30,31)(H,32,33). The minimum Gasteiger partial charge on any atom is -0.478 e. The fourth-order valence-corrected chi connectivity index (χ4v) is 4.62. The molecule has 0 aliphatic rings. The maximum atomic E-state index is 13.0. The molecule has 0 aliphatic carbocycles. The Hall–Kier alpha value is -3.96. The van der Waals surface area contributed by atoms with E-state index < -0.39 is 50.4 Å². The lowest BCUT2D eigenvalue weighted by Gasteiger charge is -2.19. The molecule has 10 nitrogen and oxygen atoms in total. The van der Waals surface area contributed by atoms with Gasteiger partial charge >= 0.3 is 11.9 Å². The maximum Gasteiger partial charge on any atom is 0.356 e. The Balaban J connectivity index is 2.03. The molecule has 188 valence electrons. The molecule has 0 bridgehead atoms. The number of carbonyl (C=O) groups excluding carboxylic acids is 1. The average molecular weight is 532 g/mol. The lowest BCUT2D eigenvalue weighted by molar-refractivity contribution is 0.0681. The smallest absolute Gasteiger partial charge is 0.356 e. The number of carboxylic acids is 2. The zero-order valence-electron chi connectivity index (χ0n) is 19.4. The number of carbonyl (C=O) groups is 3. The van der Waals surface area contributed by atoms with Crippen molar-refractivity contribution < 1.29 is 33.0 Å². The number of nitrogens with one attached hydrogen (secondary N) is 2. The van der Waals surface area contributed by atoms with Crippen LogP contribution < -0.4 is 10.0 Å². The van der Waals surface area contributed by atoms with Crippen molar-refractivity contribution in [2.75, 3.05) is 10.0 Å². The summed E-state index contributed by atoms with van der Waals surface area (Å²) >= 11 is 6.12. The van der Waals surface area contributed by atoms with Gasteiger partial charge in [0.1, 0.15) is 0 Å². The number of amides is 1. The van der Waals surface area contributed by atoms with E-state index in [9.17, 15) is 33.0 Å². The molecule has 0 fully saturated rings. The quantitative estimate of drug-likeness (QED) is 0.346. The highest BCUT2D eigenvalue weighted by Crippen LogP contribution is 2.31. The van der Waals surface area contributed by atoms with Crippen LogP contribution in [0.5, 0.6) is 0 Å². The van der Waals surface area contributed by atoms with Crippen molar-refractivity contribution in [1.82, 2.24) is 4.98 Å². The van der Waals surface area contributed by atoms with E-state index in [1.165, 1.54) is 30.5 Å². The van der Waals surface area contributed by atoms with E-state index in [0.29, 0.717) is 0 Å².